The number of aromatic nitrogens is 2. The summed E-state index contributed by atoms with van der Waals surface area (Å²) < 4.78 is 17.7. The summed E-state index contributed by atoms with van der Waals surface area (Å²) in [6.45, 7) is 3.42. The lowest BCUT2D eigenvalue weighted by molar-refractivity contribution is -0.614. The molecule has 0 saturated carbocycles. The van der Waals surface area contributed by atoms with Crippen LogP contribution in [0.2, 0.25) is 0 Å². The molecular formula is C14H16N4O3S. The Morgan fingerprint density at radius 3 is 2.50 bits per heavy atom. The second kappa shape index (κ2) is 6.10. The number of pyridine rings is 2. The number of rotatable bonds is 2. The molecule has 0 aliphatic carbocycles. The van der Waals surface area contributed by atoms with Gasteiger partial charge in [0.15, 0.2) is 11.9 Å². The van der Waals surface area contributed by atoms with Gasteiger partial charge in [0.05, 0.1) is 4.90 Å². The molecule has 0 fully saturated rings. The minimum absolute atomic E-state index is 0.155. The van der Waals surface area contributed by atoms with Crippen LogP contribution in [0.1, 0.15) is 11.4 Å². The number of carbonyl (C=O) groups excluding carboxylic acids is 1. The van der Waals surface area contributed by atoms with E-state index in [0.29, 0.717) is 10.4 Å². The van der Waals surface area contributed by atoms with Gasteiger partial charge < -0.3 is 10.5 Å². The lowest BCUT2D eigenvalue weighted by atomic mass is 10.4. The molecule has 1 N–H and O–H groups in total. The smallest absolute Gasteiger partial charge is 0.349 e. The Morgan fingerprint density at radius 1 is 1.27 bits per heavy atom. The van der Waals surface area contributed by atoms with Gasteiger partial charge >= 0.3 is 6.03 Å². The first kappa shape index (κ1) is 15.9. The molecule has 0 spiro atoms. The van der Waals surface area contributed by atoms with E-state index in [1.54, 1.807) is 26.0 Å². The van der Waals surface area contributed by atoms with Gasteiger partial charge in [-0.15, -0.1) is 4.36 Å². The molecule has 7 nitrogen and oxygen atoms in total. The minimum atomic E-state index is -3.28. The fourth-order valence-electron chi connectivity index (χ4n) is 1.72. The van der Waals surface area contributed by atoms with Gasteiger partial charge in [-0.3, -0.25) is 4.98 Å². The first-order chi connectivity index (χ1) is 10.4. The molecule has 2 rings (SSSR count). The van der Waals surface area contributed by atoms with Gasteiger partial charge in [-0.1, -0.05) is 0 Å². The summed E-state index contributed by atoms with van der Waals surface area (Å²) in [7, 11) is -1.89. The summed E-state index contributed by atoms with van der Waals surface area (Å²) >= 11 is 0. The second-order valence-corrected chi connectivity index (χ2v) is 6.82. The van der Waals surface area contributed by atoms with E-state index in [0.717, 1.165) is 5.69 Å². The van der Waals surface area contributed by atoms with Crippen molar-refractivity contribution in [3.05, 3.63) is 53.3 Å². The molecule has 22 heavy (non-hydrogen) atoms. The summed E-state index contributed by atoms with van der Waals surface area (Å²) in [4.78, 5) is 16.1. The lowest BCUT2D eigenvalue weighted by Gasteiger charge is -2.10. The number of carbonyl (C=O) groups is 1. The van der Waals surface area contributed by atoms with E-state index in [-0.39, 0.29) is 9.79 Å². The first-order valence-corrected chi connectivity index (χ1v) is 8.00. The Balaban J connectivity index is 2.73. The van der Waals surface area contributed by atoms with Crippen LogP contribution in [-0.2, 0) is 9.73 Å². The van der Waals surface area contributed by atoms with Gasteiger partial charge in [0.25, 0.3) is 0 Å². The average molecular weight is 320 g/mol. The molecule has 0 aromatic carbocycles. The summed E-state index contributed by atoms with van der Waals surface area (Å²) in [6.07, 6.45) is 2.57. The summed E-state index contributed by atoms with van der Waals surface area (Å²) in [6, 6.07) is 5.59. The van der Waals surface area contributed by atoms with Crippen molar-refractivity contribution in [1.29, 1.82) is 0 Å². The Kier molecular flexibility index (Phi) is 4.41. The molecular weight excluding hydrogens is 304 g/mol. The molecule has 1 atom stereocenters. The Bertz CT molecular complexity index is 824. The third kappa shape index (κ3) is 3.06. The van der Waals surface area contributed by atoms with E-state index in [1.807, 2.05) is 0 Å². The first-order valence-electron chi connectivity index (χ1n) is 6.48. The number of nitrogens with zero attached hydrogens (tertiary/aromatic N) is 3. The van der Waals surface area contributed by atoms with Crippen LogP contribution in [-0.4, -0.2) is 22.3 Å². The highest BCUT2D eigenvalue weighted by Gasteiger charge is 2.21. The van der Waals surface area contributed by atoms with E-state index < -0.39 is 15.8 Å². The largest absolute Gasteiger partial charge is 0.618 e. The predicted molar refractivity (Wildman–Crippen MR) is 80.7 cm³/mol. The third-order valence-electron chi connectivity index (χ3n) is 3.03. The number of aryl methyl sites for hydroxylation is 2. The standard InChI is InChI=1S/C14H16N4O3S/c1-10-4-6-12(8-16-10)22(21,17-14(19)15-3)13-7-5-11(2)18(20)9-13/h4-9H,1-3H3,(H,15,19)/t22-/m0/s1. The minimum Gasteiger partial charge on any atom is -0.618 e. The van der Waals surface area contributed by atoms with Crippen LogP contribution in [0.15, 0.2) is 50.8 Å². The van der Waals surface area contributed by atoms with Crippen LogP contribution in [0.5, 0.6) is 0 Å². The van der Waals surface area contributed by atoms with Crippen molar-refractivity contribution in [2.24, 2.45) is 4.36 Å². The number of nitrogens with one attached hydrogen (secondary N) is 1. The lowest BCUT2D eigenvalue weighted by Crippen LogP contribution is -2.30. The van der Waals surface area contributed by atoms with Gasteiger partial charge in [0.2, 0.25) is 0 Å². The van der Waals surface area contributed by atoms with Crippen LogP contribution < -0.4 is 10.0 Å². The van der Waals surface area contributed by atoms with Crippen molar-refractivity contribution in [1.82, 2.24) is 10.3 Å². The van der Waals surface area contributed by atoms with Gasteiger partial charge in [0, 0.05) is 31.9 Å². The monoisotopic (exact) mass is 320 g/mol. The zero-order valence-electron chi connectivity index (χ0n) is 12.4. The van der Waals surface area contributed by atoms with Crippen LogP contribution >= 0.6 is 0 Å². The molecule has 0 aliphatic rings. The van der Waals surface area contributed by atoms with E-state index >= 15 is 0 Å². The maximum atomic E-state index is 13.3. The van der Waals surface area contributed by atoms with Gasteiger partial charge in [-0.2, -0.15) is 4.73 Å². The van der Waals surface area contributed by atoms with E-state index in [9.17, 15) is 14.2 Å². The zero-order valence-corrected chi connectivity index (χ0v) is 13.3. The van der Waals surface area contributed by atoms with Gasteiger partial charge in [-0.05, 0) is 25.1 Å². The molecule has 0 bridgehead atoms. The third-order valence-corrected chi connectivity index (χ3v) is 5.21. The fourth-order valence-corrected chi connectivity index (χ4v) is 3.47. The molecule has 8 heteroatoms. The maximum absolute atomic E-state index is 13.3. The topological polar surface area (TPSA) is 98.4 Å². The zero-order chi connectivity index (χ0) is 16.3. The molecule has 0 saturated heterocycles. The molecule has 0 radical (unpaired) electrons. The van der Waals surface area contributed by atoms with Gasteiger partial charge in [-0.25, -0.2) is 9.00 Å². The highest BCUT2D eigenvalue weighted by molar-refractivity contribution is 7.94. The SMILES string of the molecule is CNC(=O)N=[S@](=O)(c1ccc(C)nc1)c1ccc(C)[n+]([O-])c1. The van der Waals surface area contributed by atoms with Gasteiger partial charge in [0.1, 0.15) is 14.6 Å². The molecule has 0 aliphatic heterocycles. The van der Waals surface area contributed by atoms with Crippen molar-refractivity contribution in [2.75, 3.05) is 7.05 Å². The number of hydrogen-bond acceptors (Lipinski definition) is 4. The van der Waals surface area contributed by atoms with Crippen molar-refractivity contribution < 1.29 is 13.7 Å². The second-order valence-electron chi connectivity index (χ2n) is 4.64. The van der Waals surface area contributed by atoms with E-state index in [1.165, 1.54) is 31.6 Å². The van der Waals surface area contributed by atoms with Crippen LogP contribution in [0.3, 0.4) is 0 Å². The predicted octanol–water partition coefficient (Wildman–Crippen LogP) is 1.56. The van der Waals surface area contributed by atoms with E-state index in [2.05, 4.69) is 14.7 Å². The van der Waals surface area contributed by atoms with E-state index in [4.69, 9.17) is 0 Å². The number of urea groups is 1. The molecule has 116 valence electrons. The molecule has 0 unspecified atom stereocenters. The fraction of sp³-hybridized carbons (Fsp3) is 0.214. The molecule has 2 amide bonds. The Labute approximate surface area is 128 Å². The van der Waals surface area contributed by atoms with Crippen LogP contribution in [0.4, 0.5) is 4.79 Å². The number of hydrogen-bond donors (Lipinski definition) is 1. The van der Waals surface area contributed by atoms with Crippen LogP contribution in [0, 0.1) is 19.1 Å². The highest BCUT2D eigenvalue weighted by Crippen LogP contribution is 2.22. The summed E-state index contributed by atoms with van der Waals surface area (Å²) in [5, 5.41) is 14.1. The maximum Gasteiger partial charge on any atom is 0.349 e. The Morgan fingerprint density at radius 2 is 1.95 bits per heavy atom. The summed E-state index contributed by atoms with van der Waals surface area (Å²) in [5.74, 6) is 0. The quantitative estimate of drug-likeness (QED) is 0.670. The molecule has 2 aromatic heterocycles. The Hall–Kier alpha value is -2.48. The normalized spacial score (nSPS) is 13.2. The molecule has 2 aromatic rings. The van der Waals surface area contributed by atoms with Crippen molar-refractivity contribution in [2.45, 2.75) is 23.6 Å². The average Bonchev–Trinajstić information content (AvgIpc) is 2.50. The van der Waals surface area contributed by atoms with Crippen molar-refractivity contribution in [3.8, 4) is 0 Å². The molecule has 2 heterocycles. The highest BCUT2D eigenvalue weighted by atomic mass is 32.2. The number of amides is 2. The van der Waals surface area contributed by atoms with Crippen LogP contribution in [0.25, 0.3) is 0 Å². The van der Waals surface area contributed by atoms with Crippen molar-refractivity contribution in [3.63, 3.8) is 0 Å². The summed E-state index contributed by atoms with van der Waals surface area (Å²) in [5.41, 5.74) is 1.20. The van der Waals surface area contributed by atoms with Crippen molar-refractivity contribution >= 4 is 15.8 Å².